The summed E-state index contributed by atoms with van der Waals surface area (Å²) < 4.78 is 14.1. The van der Waals surface area contributed by atoms with E-state index in [2.05, 4.69) is 35.3 Å². The number of carbonyl (C=O) groups is 3. The van der Waals surface area contributed by atoms with E-state index in [1.165, 1.54) is 5.56 Å². The van der Waals surface area contributed by atoms with E-state index in [-0.39, 0.29) is 23.7 Å². The molecule has 1 amide bonds. The van der Waals surface area contributed by atoms with Crippen LogP contribution in [-0.4, -0.2) is 103 Å². The van der Waals surface area contributed by atoms with Crippen molar-refractivity contribution >= 4 is 39.7 Å². The third kappa shape index (κ3) is 12.7. The maximum Gasteiger partial charge on any atom is 0.408 e. The number of nitrogens with one attached hydrogen (secondary N) is 1. The van der Waals surface area contributed by atoms with Gasteiger partial charge in [-0.25, -0.2) is 4.79 Å². The minimum atomic E-state index is -0.709. The van der Waals surface area contributed by atoms with Crippen LogP contribution in [0.4, 0.5) is 4.79 Å². The van der Waals surface area contributed by atoms with Gasteiger partial charge in [-0.05, 0) is 109 Å². The highest BCUT2D eigenvalue weighted by Gasteiger charge is 2.29. The Bertz CT molecular complexity index is 1780. The Morgan fingerprint density at radius 1 is 0.774 bits per heavy atom. The van der Waals surface area contributed by atoms with E-state index in [0.717, 1.165) is 59.0 Å². The summed E-state index contributed by atoms with van der Waals surface area (Å²) in [6.45, 7) is 19.0. The number of hydrogen-bond acceptors (Lipinski definition) is 8. The van der Waals surface area contributed by atoms with Crippen molar-refractivity contribution in [1.82, 2.24) is 24.3 Å². The summed E-state index contributed by atoms with van der Waals surface area (Å²) in [5.74, 6) is 0.542. The number of nitrogens with zero attached hydrogens (tertiary/aromatic N) is 4. The zero-order valence-electron chi connectivity index (χ0n) is 34.7. The summed E-state index contributed by atoms with van der Waals surface area (Å²) >= 11 is 0. The molecule has 2 aromatic heterocycles. The second-order valence-corrected chi connectivity index (χ2v) is 15.4. The van der Waals surface area contributed by atoms with Crippen molar-refractivity contribution in [2.75, 3.05) is 48.4 Å². The third-order valence-corrected chi connectivity index (χ3v) is 8.63. The topological polar surface area (TPSA) is 124 Å². The number of ether oxygens (including phenoxy) is 2. The van der Waals surface area contributed by atoms with E-state index in [1.807, 2.05) is 104 Å². The van der Waals surface area contributed by atoms with Crippen molar-refractivity contribution in [3.05, 3.63) is 66.0 Å². The Labute approximate surface area is 317 Å². The van der Waals surface area contributed by atoms with Gasteiger partial charge in [0.1, 0.15) is 17.4 Å². The lowest BCUT2D eigenvalue weighted by atomic mass is 10.0. The Balaban J connectivity index is 0.000000370. The molecule has 2 aromatic carbocycles. The van der Waals surface area contributed by atoms with Gasteiger partial charge in [-0.15, -0.1) is 0 Å². The van der Waals surface area contributed by atoms with Gasteiger partial charge in [0.15, 0.2) is 0 Å². The summed E-state index contributed by atoms with van der Waals surface area (Å²) in [7, 11) is 9.77. The number of hydrogen-bond donors (Lipinski definition) is 2. The second kappa shape index (κ2) is 20.3. The van der Waals surface area contributed by atoms with Crippen LogP contribution in [0.2, 0.25) is 0 Å². The fourth-order valence-electron chi connectivity index (χ4n) is 5.65. The minimum Gasteiger partial charge on any atom is -0.497 e. The van der Waals surface area contributed by atoms with Gasteiger partial charge >= 0.3 is 6.09 Å². The van der Waals surface area contributed by atoms with Crippen molar-refractivity contribution in [1.29, 1.82) is 0 Å². The maximum absolute atomic E-state index is 13.5. The molecule has 0 aliphatic heterocycles. The van der Waals surface area contributed by atoms with E-state index in [1.54, 1.807) is 37.0 Å². The highest BCUT2D eigenvalue weighted by molar-refractivity contribution is 5.98. The van der Waals surface area contributed by atoms with Crippen LogP contribution in [0, 0.1) is 11.8 Å². The van der Waals surface area contributed by atoms with Crippen LogP contribution in [0.15, 0.2) is 54.9 Å². The van der Waals surface area contributed by atoms with E-state index in [9.17, 15) is 14.4 Å². The molecule has 11 nitrogen and oxygen atoms in total. The van der Waals surface area contributed by atoms with Gasteiger partial charge in [0.2, 0.25) is 5.91 Å². The van der Waals surface area contributed by atoms with Crippen molar-refractivity contribution in [3.8, 4) is 5.75 Å². The number of benzene rings is 2. The van der Waals surface area contributed by atoms with Crippen molar-refractivity contribution < 1.29 is 23.9 Å². The summed E-state index contributed by atoms with van der Waals surface area (Å²) in [5.41, 5.74) is 9.41. The van der Waals surface area contributed by atoms with Gasteiger partial charge in [-0.2, -0.15) is 0 Å². The lowest BCUT2D eigenvalue weighted by Gasteiger charge is -2.25. The highest BCUT2D eigenvalue weighted by Crippen LogP contribution is 2.28. The van der Waals surface area contributed by atoms with Crippen molar-refractivity contribution in [2.24, 2.45) is 17.6 Å². The molecule has 4 rings (SSSR count). The molecule has 4 aromatic rings. The zero-order valence-corrected chi connectivity index (χ0v) is 34.7. The first-order chi connectivity index (χ1) is 24.8. The van der Waals surface area contributed by atoms with Gasteiger partial charge in [0.25, 0.3) is 5.91 Å². The Kier molecular flexibility index (Phi) is 17.2. The second-order valence-electron chi connectivity index (χ2n) is 15.4. The normalized spacial score (nSPS) is 12.7. The Morgan fingerprint density at radius 3 is 1.77 bits per heavy atom. The number of fused-ring (bicyclic) bond motifs is 2. The SMILES string of the molecule is CC.CC(C)C(N)C(=O)n1cc(CCN(C)C)c2ccccc21.COc1ccc2c(c1)c(CCN(C)C)cn2C(=O)C(NC(=O)OC(C)(C)C)C(C)C. The molecule has 2 heterocycles. The van der Waals surface area contributed by atoms with Gasteiger partial charge in [-0.3, -0.25) is 18.7 Å². The fourth-order valence-corrected chi connectivity index (χ4v) is 5.65. The third-order valence-electron chi connectivity index (χ3n) is 8.63. The van der Waals surface area contributed by atoms with E-state index in [0.29, 0.717) is 0 Å². The molecule has 3 N–H and O–H groups in total. The minimum absolute atomic E-state index is 0.0303. The van der Waals surface area contributed by atoms with Crippen LogP contribution >= 0.6 is 0 Å². The molecule has 294 valence electrons. The first kappa shape index (κ1) is 45.0. The number of nitrogens with two attached hydrogens (primary N) is 1. The molecule has 53 heavy (non-hydrogen) atoms. The number of likely N-dealkylation sites (N-methyl/N-ethyl adjacent to an activating group) is 2. The molecule has 2 unspecified atom stereocenters. The molecule has 0 saturated carbocycles. The number of para-hydroxylation sites is 1. The molecular weight excluding hydrogens is 668 g/mol. The average molecular weight is 735 g/mol. The predicted molar refractivity (Wildman–Crippen MR) is 218 cm³/mol. The first-order valence-corrected chi connectivity index (χ1v) is 18.7. The van der Waals surface area contributed by atoms with Gasteiger partial charge in [0, 0.05) is 36.3 Å². The molecule has 11 heteroatoms. The molecule has 0 fully saturated rings. The molecule has 0 saturated heterocycles. The number of carbonyl (C=O) groups excluding carboxylic acids is 3. The molecule has 0 aliphatic carbocycles. The number of methoxy groups -OCH3 is 1. The number of rotatable bonds is 12. The Morgan fingerprint density at radius 2 is 1.28 bits per heavy atom. The largest absolute Gasteiger partial charge is 0.497 e. The van der Waals surface area contributed by atoms with Crippen LogP contribution in [0.5, 0.6) is 5.75 Å². The monoisotopic (exact) mass is 735 g/mol. The standard InChI is InChI=1S/C23H35N3O4.C17H25N3O.C2H6/c1-15(2)20(24-22(28)30-23(3,4)5)21(27)26-14-16(11-12-25(6)7)18-13-17(29-8)9-10-19(18)26;1-12(2)16(18)17(21)20-11-13(9-10-19(3)4)14-7-5-6-8-15(14)20;1-2/h9-10,13-15,20H,11-12H2,1-8H3,(H,24,28);5-8,11-12,16H,9-10,18H2,1-4H3;1-2H3. The zero-order chi connectivity index (χ0) is 40.2. The van der Waals surface area contributed by atoms with Crippen LogP contribution < -0.4 is 15.8 Å². The molecule has 2 atom stereocenters. The molecule has 0 radical (unpaired) electrons. The van der Waals surface area contributed by atoms with Crippen molar-refractivity contribution in [3.63, 3.8) is 0 Å². The summed E-state index contributed by atoms with van der Waals surface area (Å²) in [4.78, 5) is 42.6. The summed E-state index contributed by atoms with van der Waals surface area (Å²) in [5, 5.41) is 4.87. The van der Waals surface area contributed by atoms with Crippen LogP contribution in [0.1, 0.15) is 83.0 Å². The molecule has 0 aliphatic rings. The summed E-state index contributed by atoms with van der Waals surface area (Å²) in [6.07, 6.45) is 4.95. The van der Waals surface area contributed by atoms with Crippen molar-refractivity contribution in [2.45, 2.75) is 92.8 Å². The quantitative estimate of drug-likeness (QED) is 0.155. The van der Waals surface area contributed by atoms with E-state index in [4.69, 9.17) is 15.2 Å². The number of amides is 1. The summed E-state index contributed by atoms with van der Waals surface area (Å²) in [6, 6.07) is 12.5. The predicted octanol–water partition coefficient (Wildman–Crippen LogP) is 7.34. The highest BCUT2D eigenvalue weighted by atomic mass is 16.6. The van der Waals surface area contributed by atoms with Gasteiger partial charge < -0.3 is 30.3 Å². The molecular formula is C42H66N6O5. The van der Waals surface area contributed by atoms with E-state index < -0.39 is 23.8 Å². The van der Waals surface area contributed by atoms with Crippen LogP contribution in [-0.2, 0) is 17.6 Å². The smallest absolute Gasteiger partial charge is 0.408 e. The molecule has 0 spiro atoms. The lowest BCUT2D eigenvalue weighted by molar-refractivity contribution is 0.0465. The first-order valence-electron chi connectivity index (χ1n) is 18.7. The van der Waals surface area contributed by atoms with Crippen LogP contribution in [0.3, 0.4) is 0 Å². The fraction of sp³-hybridized carbons (Fsp3) is 0.548. The number of alkyl carbamates (subject to hydrolysis) is 1. The van der Waals surface area contributed by atoms with Crippen LogP contribution in [0.25, 0.3) is 21.8 Å². The average Bonchev–Trinajstić information content (AvgIpc) is 3.66. The maximum atomic E-state index is 13.5. The Hall–Kier alpha value is -4.19. The van der Waals surface area contributed by atoms with Gasteiger partial charge in [0.05, 0.1) is 24.2 Å². The molecule has 0 bridgehead atoms. The number of aromatic nitrogens is 2. The lowest BCUT2D eigenvalue weighted by Crippen LogP contribution is -2.48. The van der Waals surface area contributed by atoms with E-state index >= 15 is 0 Å². The van der Waals surface area contributed by atoms with Gasteiger partial charge in [-0.1, -0.05) is 59.7 Å².